The van der Waals surface area contributed by atoms with E-state index >= 15 is 0 Å². The van der Waals surface area contributed by atoms with Gasteiger partial charge in [-0.15, -0.1) is 0 Å². The van der Waals surface area contributed by atoms with E-state index in [2.05, 4.69) is 5.32 Å². The maximum atomic E-state index is 14.0. The molecule has 25 heavy (non-hydrogen) atoms. The van der Waals surface area contributed by atoms with E-state index in [1.165, 1.54) is 19.2 Å². The van der Waals surface area contributed by atoms with Gasteiger partial charge in [0.2, 0.25) is 0 Å². The molecule has 2 aromatic carbocycles. The highest BCUT2D eigenvalue weighted by Crippen LogP contribution is 2.29. The number of hydrogen-bond donors (Lipinski definition) is 1. The first-order valence-electron chi connectivity index (χ1n) is 7.39. The van der Waals surface area contributed by atoms with Crippen LogP contribution in [0.1, 0.15) is 5.56 Å². The molecule has 5 nitrogen and oxygen atoms in total. The van der Waals surface area contributed by atoms with Crippen LogP contribution in [0.25, 0.3) is 6.08 Å². The van der Waals surface area contributed by atoms with Crippen molar-refractivity contribution in [2.75, 3.05) is 19.1 Å². The van der Waals surface area contributed by atoms with Crippen molar-refractivity contribution in [2.24, 2.45) is 0 Å². The summed E-state index contributed by atoms with van der Waals surface area (Å²) < 4.78 is 24.4. The van der Waals surface area contributed by atoms with E-state index in [9.17, 15) is 9.18 Å². The van der Waals surface area contributed by atoms with Crippen LogP contribution in [-0.2, 0) is 4.79 Å². The molecule has 0 radical (unpaired) electrons. The van der Waals surface area contributed by atoms with Crippen LogP contribution < -0.4 is 19.7 Å². The third kappa shape index (κ3) is 3.18. The molecule has 0 bridgehead atoms. The second kappa shape index (κ2) is 6.90. The lowest BCUT2D eigenvalue weighted by molar-refractivity contribution is -0.113. The van der Waals surface area contributed by atoms with Gasteiger partial charge in [-0.2, -0.15) is 0 Å². The molecule has 1 fully saturated rings. The molecule has 1 aliphatic rings. The number of nitrogens with zero attached hydrogens (tertiary/aromatic N) is 1. The number of amides is 1. The number of anilines is 1. The number of carbonyl (C=O) groups is 1. The number of benzene rings is 2. The first kappa shape index (κ1) is 16.9. The zero-order chi connectivity index (χ0) is 18.0. The highest BCUT2D eigenvalue weighted by Gasteiger charge is 2.33. The van der Waals surface area contributed by atoms with Crippen molar-refractivity contribution in [3.63, 3.8) is 0 Å². The molecule has 0 unspecified atom stereocenters. The van der Waals surface area contributed by atoms with Crippen LogP contribution in [0.5, 0.6) is 11.5 Å². The van der Waals surface area contributed by atoms with Gasteiger partial charge in [-0.25, -0.2) is 9.29 Å². The third-order valence-electron chi connectivity index (χ3n) is 3.69. The highest BCUT2D eigenvalue weighted by molar-refractivity contribution is 7.80. The van der Waals surface area contributed by atoms with Crippen LogP contribution in [-0.4, -0.2) is 25.2 Å². The summed E-state index contributed by atoms with van der Waals surface area (Å²) in [5.41, 5.74) is 1.08. The molecule has 2 aromatic rings. The Morgan fingerprint density at radius 2 is 1.84 bits per heavy atom. The molecule has 1 heterocycles. The van der Waals surface area contributed by atoms with Gasteiger partial charge >= 0.3 is 0 Å². The predicted molar refractivity (Wildman–Crippen MR) is 97.1 cm³/mol. The standard InChI is InChI=1S/C18H15FN2O3S/c1-23-15-8-7-11(10-16(15)24-2)9-13-17(22)21(18(25)20-13)14-6-4-3-5-12(14)19/h3-10H,1-2H3,(H,20,25)/b13-9-. The minimum atomic E-state index is -0.521. The van der Waals surface area contributed by atoms with Crippen LogP contribution in [0.15, 0.2) is 48.2 Å². The number of thiocarbonyl (C=S) groups is 1. The molecule has 128 valence electrons. The van der Waals surface area contributed by atoms with Gasteiger partial charge in [0.15, 0.2) is 16.6 Å². The Balaban J connectivity index is 1.95. The fourth-order valence-corrected chi connectivity index (χ4v) is 2.79. The Hall–Kier alpha value is -2.93. The van der Waals surface area contributed by atoms with E-state index in [0.29, 0.717) is 17.1 Å². The molecule has 1 aliphatic heterocycles. The van der Waals surface area contributed by atoms with Gasteiger partial charge in [-0.3, -0.25) is 4.79 Å². The van der Waals surface area contributed by atoms with Gasteiger partial charge in [-0.05, 0) is 48.1 Å². The average molecular weight is 358 g/mol. The summed E-state index contributed by atoms with van der Waals surface area (Å²) in [7, 11) is 3.07. The number of methoxy groups -OCH3 is 2. The van der Waals surface area contributed by atoms with E-state index in [1.807, 2.05) is 0 Å². The van der Waals surface area contributed by atoms with Gasteiger partial charge in [0.05, 0.1) is 19.9 Å². The predicted octanol–water partition coefficient (Wildman–Crippen LogP) is 3.11. The van der Waals surface area contributed by atoms with Crippen molar-refractivity contribution in [3.8, 4) is 11.5 Å². The zero-order valence-corrected chi connectivity index (χ0v) is 14.4. The third-order valence-corrected chi connectivity index (χ3v) is 3.97. The number of hydrogen-bond acceptors (Lipinski definition) is 4. The van der Waals surface area contributed by atoms with E-state index < -0.39 is 11.7 Å². The van der Waals surface area contributed by atoms with Crippen molar-refractivity contribution < 1.29 is 18.7 Å². The molecule has 1 saturated heterocycles. The van der Waals surface area contributed by atoms with Gasteiger partial charge in [0.25, 0.3) is 5.91 Å². The maximum absolute atomic E-state index is 14.0. The molecule has 7 heteroatoms. The second-order valence-corrected chi connectivity index (χ2v) is 5.58. The Labute approximate surface area is 149 Å². The molecule has 1 amide bonds. The summed E-state index contributed by atoms with van der Waals surface area (Å²) in [4.78, 5) is 13.8. The first-order chi connectivity index (χ1) is 12.0. The van der Waals surface area contributed by atoms with E-state index in [1.54, 1.807) is 43.5 Å². The van der Waals surface area contributed by atoms with Crippen LogP contribution in [0.2, 0.25) is 0 Å². The smallest absolute Gasteiger partial charge is 0.281 e. The average Bonchev–Trinajstić information content (AvgIpc) is 2.89. The lowest BCUT2D eigenvalue weighted by atomic mass is 10.1. The van der Waals surface area contributed by atoms with Crippen LogP contribution >= 0.6 is 12.2 Å². The van der Waals surface area contributed by atoms with Gasteiger partial charge in [0, 0.05) is 0 Å². The summed E-state index contributed by atoms with van der Waals surface area (Å²) in [5, 5.41) is 2.95. The topological polar surface area (TPSA) is 50.8 Å². The molecular formula is C18H15FN2O3S. The van der Waals surface area contributed by atoms with Crippen molar-refractivity contribution in [3.05, 3.63) is 59.5 Å². The summed E-state index contributed by atoms with van der Waals surface area (Å²) in [5.74, 6) is 0.173. The van der Waals surface area contributed by atoms with Crippen LogP contribution in [0, 0.1) is 5.82 Å². The lowest BCUT2D eigenvalue weighted by Gasteiger charge is -2.14. The van der Waals surface area contributed by atoms with Crippen molar-refractivity contribution in [2.45, 2.75) is 0 Å². The first-order valence-corrected chi connectivity index (χ1v) is 7.79. The van der Waals surface area contributed by atoms with Gasteiger partial charge in [0.1, 0.15) is 11.5 Å². The number of halogens is 1. The van der Waals surface area contributed by atoms with E-state index in [4.69, 9.17) is 21.7 Å². The Morgan fingerprint density at radius 3 is 2.52 bits per heavy atom. The van der Waals surface area contributed by atoms with Crippen molar-refractivity contribution in [1.82, 2.24) is 5.32 Å². The quantitative estimate of drug-likeness (QED) is 0.672. The number of rotatable bonds is 4. The van der Waals surface area contributed by atoms with Crippen molar-refractivity contribution in [1.29, 1.82) is 0 Å². The molecule has 0 aliphatic carbocycles. The summed E-state index contributed by atoms with van der Waals surface area (Å²) >= 11 is 5.18. The molecule has 0 spiro atoms. The fraction of sp³-hybridized carbons (Fsp3) is 0.111. The largest absolute Gasteiger partial charge is 0.493 e. The Morgan fingerprint density at radius 1 is 1.12 bits per heavy atom. The monoisotopic (exact) mass is 358 g/mol. The minimum Gasteiger partial charge on any atom is -0.493 e. The van der Waals surface area contributed by atoms with E-state index in [0.717, 1.165) is 4.90 Å². The normalized spacial score (nSPS) is 15.5. The fourth-order valence-electron chi connectivity index (χ4n) is 2.50. The molecular weight excluding hydrogens is 343 g/mol. The zero-order valence-electron chi connectivity index (χ0n) is 13.6. The lowest BCUT2D eigenvalue weighted by Crippen LogP contribution is -2.31. The summed E-state index contributed by atoms with van der Waals surface area (Å²) in [6.07, 6.45) is 1.62. The number of nitrogens with one attached hydrogen (secondary N) is 1. The second-order valence-electron chi connectivity index (χ2n) is 5.19. The maximum Gasteiger partial charge on any atom is 0.281 e. The minimum absolute atomic E-state index is 0.112. The summed E-state index contributed by atoms with van der Waals surface area (Å²) in [6, 6.07) is 11.2. The molecule has 0 saturated carbocycles. The van der Waals surface area contributed by atoms with E-state index in [-0.39, 0.29) is 16.5 Å². The highest BCUT2D eigenvalue weighted by atomic mass is 32.1. The SMILES string of the molecule is COc1ccc(/C=C2\NC(=S)N(c3ccccc3F)C2=O)cc1OC. The van der Waals surface area contributed by atoms with Crippen LogP contribution in [0.4, 0.5) is 10.1 Å². The number of ether oxygens (including phenoxy) is 2. The molecule has 0 atom stereocenters. The number of para-hydroxylation sites is 1. The van der Waals surface area contributed by atoms with Crippen LogP contribution in [0.3, 0.4) is 0 Å². The summed E-state index contributed by atoms with van der Waals surface area (Å²) in [6.45, 7) is 0. The molecule has 0 aromatic heterocycles. The molecule has 1 N–H and O–H groups in total. The molecule has 3 rings (SSSR count). The van der Waals surface area contributed by atoms with Gasteiger partial charge < -0.3 is 14.8 Å². The number of carbonyl (C=O) groups excluding carboxylic acids is 1. The van der Waals surface area contributed by atoms with Crippen molar-refractivity contribution >= 4 is 35.0 Å². The Bertz CT molecular complexity index is 882. The Kier molecular flexibility index (Phi) is 4.67. The van der Waals surface area contributed by atoms with Gasteiger partial charge in [-0.1, -0.05) is 18.2 Å².